The number of carbonyl (C=O) groups excluding carboxylic acids is 1. The quantitative estimate of drug-likeness (QED) is 0.863. The maximum absolute atomic E-state index is 12.2. The van der Waals surface area contributed by atoms with Crippen LogP contribution in [0.3, 0.4) is 0 Å². The Morgan fingerprint density at radius 2 is 1.76 bits per heavy atom. The lowest BCUT2D eigenvalue weighted by Gasteiger charge is -2.32. The summed E-state index contributed by atoms with van der Waals surface area (Å²) in [5.74, 6) is 4.43. The van der Waals surface area contributed by atoms with Crippen LogP contribution < -0.4 is 5.32 Å². The van der Waals surface area contributed by atoms with E-state index in [0.717, 1.165) is 49.3 Å². The van der Waals surface area contributed by atoms with E-state index < -0.39 is 0 Å². The lowest BCUT2D eigenvalue weighted by Crippen LogP contribution is -2.42. The van der Waals surface area contributed by atoms with E-state index in [4.69, 9.17) is 0 Å². The highest BCUT2D eigenvalue weighted by Crippen LogP contribution is 2.58. The van der Waals surface area contributed by atoms with E-state index in [1.165, 1.54) is 51.4 Å². The number of rotatable bonds is 4. The van der Waals surface area contributed by atoms with Crippen molar-refractivity contribution >= 4 is 5.91 Å². The smallest absolute Gasteiger partial charge is 0.223 e. The molecular formula is C18H30N2O. The first-order valence-corrected chi connectivity index (χ1v) is 9.34. The summed E-state index contributed by atoms with van der Waals surface area (Å²) in [4.78, 5) is 14.3. The molecule has 3 heteroatoms. The Labute approximate surface area is 128 Å². The number of nitrogens with zero attached hydrogens (tertiary/aromatic N) is 1. The van der Waals surface area contributed by atoms with Crippen LogP contribution in [-0.2, 0) is 4.79 Å². The molecule has 0 aromatic rings. The summed E-state index contributed by atoms with van der Waals surface area (Å²) in [6.45, 7) is 2.90. The van der Waals surface area contributed by atoms with E-state index in [9.17, 15) is 4.79 Å². The van der Waals surface area contributed by atoms with Gasteiger partial charge in [-0.05, 0) is 68.6 Å². The summed E-state index contributed by atoms with van der Waals surface area (Å²) in [6.07, 6.45) is 11.8. The molecule has 1 amide bonds. The summed E-state index contributed by atoms with van der Waals surface area (Å²) in [6, 6.07) is 0.725. The number of hydrogen-bond acceptors (Lipinski definition) is 2. The highest BCUT2D eigenvalue weighted by molar-refractivity contribution is 5.76. The molecule has 0 aromatic carbocycles. The van der Waals surface area contributed by atoms with E-state index in [2.05, 4.69) is 10.2 Å². The third kappa shape index (κ3) is 2.62. The standard InChI is InChI=1S/C18H30N2O/c21-18(20-9-2-1-3-10-20)7-8-19-17-12-13-11-16(17)15-6-4-5-14(13)15/h13-17,19H,1-12H2. The van der Waals surface area contributed by atoms with Gasteiger partial charge in [0.05, 0.1) is 0 Å². The van der Waals surface area contributed by atoms with Crippen molar-refractivity contribution in [1.29, 1.82) is 0 Å². The zero-order valence-corrected chi connectivity index (χ0v) is 13.2. The van der Waals surface area contributed by atoms with Crippen LogP contribution in [0.2, 0.25) is 0 Å². The van der Waals surface area contributed by atoms with Crippen LogP contribution in [0.1, 0.15) is 57.8 Å². The molecule has 2 bridgehead atoms. The number of amides is 1. The van der Waals surface area contributed by atoms with Gasteiger partial charge in [0.15, 0.2) is 0 Å². The van der Waals surface area contributed by atoms with E-state index in [1.54, 1.807) is 0 Å². The molecule has 5 unspecified atom stereocenters. The zero-order valence-electron chi connectivity index (χ0n) is 13.2. The number of piperidine rings is 1. The Morgan fingerprint density at radius 3 is 2.62 bits per heavy atom. The number of likely N-dealkylation sites (tertiary alicyclic amines) is 1. The fourth-order valence-electron chi connectivity index (χ4n) is 5.97. The van der Waals surface area contributed by atoms with Gasteiger partial charge < -0.3 is 10.2 Å². The average molecular weight is 290 g/mol. The summed E-state index contributed by atoms with van der Waals surface area (Å²) in [5, 5.41) is 3.75. The van der Waals surface area contributed by atoms with Gasteiger partial charge in [-0.1, -0.05) is 6.42 Å². The maximum atomic E-state index is 12.2. The number of hydrogen-bond donors (Lipinski definition) is 1. The van der Waals surface area contributed by atoms with Gasteiger partial charge in [0.2, 0.25) is 5.91 Å². The highest BCUT2D eigenvalue weighted by atomic mass is 16.2. The minimum atomic E-state index is 0.379. The molecule has 21 heavy (non-hydrogen) atoms. The summed E-state index contributed by atoms with van der Waals surface area (Å²) in [7, 11) is 0. The van der Waals surface area contributed by atoms with Crippen LogP contribution in [0.5, 0.6) is 0 Å². The van der Waals surface area contributed by atoms with Crippen LogP contribution >= 0.6 is 0 Å². The number of fused-ring (bicyclic) bond motifs is 5. The molecule has 4 fully saturated rings. The van der Waals surface area contributed by atoms with Crippen molar-refractivity contribution in [2.75, 3.05) is 19.6 Å². The van der Waals surface area contributed by atoms with Crippen molar-refractivity contribution in [1.82, 2.24) is 10.2 Å². The fraction of sp³-hybridized carbons (Fsp3) is 0.944. The van der Waals surface area contributed by atoms with Crippen LogP contribution in [0.15, 0.2) is 0 Å². The third-order valence-corrected chi connectivity index (χ3v) is 6.88. The maximum Gasteiger partial charge on any atom is 0.223 e. The Kier molecular flexibility index (Phi) is 3.95. The highest BCUT2D eigenvalue weighted by Gasteiger charge is 2.53. The lowest BCUT2D eigenvalue weighted by atomic mass is 9.79. The van der Waals surface area contributed by atoms with Crippen LogP contribution in [0.4, 0.5) is 0 Å². The van der Waals surface area contributed by atoms with E-state index in [0.29, 0.717) is 12.3 Å². The molecule has 1 saturated heterocycles. The first-order valence-electron chi connectivity index (χ1n) is 9.34. The molecule has 3 saturated carbocycles. The Hall–Kier alpha value is -0.570. The van der Waals surface area contributed by atoms with Crippen molar-refractivity contribution in [3.05, 3.63) is 0 Å². The molecule has 3 aliphatic carbocycles. The Morgan fingerprint density at radius 1 is 0.952 bits per heavy atom. The third-order valence-electron chi connectivity index (χ3n) is 6.88. The first-order chi connectivity index (χ1) is 10.3. The number of carbonyl (C=O) groups is 1. The van der Waals surface area contributed by atoms with Crippen molar-refractivity contribution in [3.63, 3.8) is 0 Å². The second kappa shape index (κ2) is 5.91. The number of nitrogens with one attached hydrogen (secondary N) is 1. The Balaban J connectivity index is 1.22. The molecular weight excluding hydrogens is 260 g/mol. The van der Waals surface area contributed by atoms with Crippen molar-refractivity contribution in [2.45, 2.75) is 63.8 Å². The van der Waals surface area contributed by atoms with E-state index in [-0.39, 0.29) is 0 Å². The molecule has 0 aromatic heterocycles. The normalized spacial score (nSPS) is 41.5. The van der Waals surface area contributed by atoms with Gasteiger partial charge >= 0.3 is 0 Å². The molecule has 1 heterocycles. The van der Waals surface area contributed by atoms with E-state index >= 15 is 0 Å². The van der Waals surface area contributed by atoms with E-state index in [1.807, 2.05) is 0 Å². The largest absolute Gasteiger partial charge is 0.343 e. The molecule has 1 N–H and O–H groups in total. The van der Waals surface area contributed by atoms with Crippen molar-refractivity contribution in [2.24, 2.45) is 23.7 Å². The monoisotopic (exact) mass is 290 g/mol. The average Bonchev–Trinajstić information content (AvgIpc) is 3.20. The second-order valence-corrected chi connectivity index (χ2v) is 7.91. The zero-order chi connectivity index (χ0) is 14.2. The van der Waals surface area contributed by atoms with Gasteiger partial charge in [0.1, 0.15) is 0 Å². The lowest BCUT2D eigenvalue weighted by molar-refractivity contribution is -0.132. The molecule has 118 valence electrons. The minimum Gasteiger partial charge on any atom is -0.343 e. The van der Waals surface area contributed by atoms with Gasteiger partial charge in [0.25, 0.3) is 0 Å². The van der Waals surface area contributed by atoms with Gasteiger partial charge in [-0.15, -0.1) is 0 Å². The van der Waals surface area contributed by atoms with Gasteiger partial charge in [-0.25, -0.2) is 0 Å². The first kappa shape index (κ1) is 14.0. The topological polar surface area (TPSA) is 32.3 Å². The predicted molar refractivity (Wildman–Crippen MR) is 83.9 cm³/mol. The molecule has 4 aliphatic rings. The summed E-state index contributed by atoms with van der Waals surface area (Å²) >= 11 is 0. The molecule has 3 nitrogen and oxygen atoms in total. The SMILES string of the molecule is O=C(CCNC1CC2CC1C1CCCC21)N1CCCCC1. The van der Waals surface area contributed by atoms with Gasteiger partial charge in [0, 0.05) is 32.1 Å². The molecule has 4 rings (SSSR count). The molecule has 0 radical (unpaired) electrons. The molecule has 1 aliphatic heterocycles. The second-order valence-electron chi connectivity index (χ2n) is 7.91. The van der Waals surface area contributed by atoms with Gasteiger partial charge in [-0.3, -0.25) is 4.79 Å². The van der Waals surface area contributed by atoms with Crippen molar-refractivity contribution in [3.8, 4) is 0 Å². The Bertz CT molecular complexity index is 391. The van der Waals surface area contributed by atoms with Gasteiger partial charge in [-0.2, -0.15) is 0 Å². The minimum absolute atomic E-state index is 0.379. The molecule has 0 spiro atoms. The predicted octanol–water partition coefficient (Wildman–Crippen LogP) is 2.80. The van der Waals surface area contributed by atoms with Crippen LogP contribution in [0.25, 0.3) is 0 Å². The van der Waals surface area contributed by atoms with Crippen LogP contribution in [0, 0.1) is 23.7 Å². The van der Waals surface area contributed by atoms with Crippen molar-refractivity contribution < 1.29 is 4.79 Å². The summed E-state index contributed by atoms with van der Waals surface area (Å²) in [5.41, 5.74) is 0. The fourth-order valence-corrected chi connectivity index (χ4v) is 5.97. The van der Waals surface area contributed by atoms with Crippen LogP contribution in [-0.4, -0.2) is 36.5 Å². The summed E-state index contributed by atoms with van der Waals surface area (Å²) < 4.78 is 0. The molecule has 5 atom stereocenters.